The number of benzene rings is 1. The molecule has 0 saturated carbocycles. The van der Waals surface area contributed by atoms with Gasteiger partial charge in [0.15, 0.2) is 11.6 Å². The van der Waals surface area contributed by atoms with Crippen LogP contribution < -0.4 is 16.0 Å². The highest BCUT2D eigenvalue weighted by molar-refractivity contribution is 5.31. The zero-order valence-electron chi connectivity index (χ0n) is 10.2. The monoisotopic (exact) mass is 242 g/mol. The Kier molecular flexibility index (Phi) is 5.90. The first-order chi connectivity index (χ1) is 8.22. The second-order valence-corrected chi connectivity index (χ2v) is 3.66. The standard InChI is InChI=1S/C12H19FN2O2/c1-3-17-8-10(15-14)7-9-5-4-6-11(16-2)12(9)13/h4-6,10,15H,3,7-8,14H2,1-2H3. The van der Waals surface area contributed by atoms with Crippen LogP contribution in [0.5, 0.6) is 5.75 Å². The van der Waals surface area contributed by atoms with E-state index in [1.807, 2.05) is 6.92 Å². The summed E-state index contributed by atoms with van der Waals surface area (Å²) in [5.41, 5.74) is 3.18. The molecular weight excluding hydrogens is 223 g/mol. The van der Waals surface area contributed by atoms with E-state index in [0.717, 1.165) is 0 Å². The fourth-order valence-corrected chi connectivity index (χ4v) is 1.56. The third-order valence-electron chi connectivity index (χ3n) is 2.49. The Morgan fingerprint density at radius 1 is 1.47 bits per heavy atom. The van der Waals surface area contributed by atoms with Crippen molar-refractivity contribution in [3.63, 3.8) is 0 Å². The largest absolute Gasteiger partial charge is 0.494 e. The van der Waals surface area contributed by atoms with Crippen molar-refractivity contribution in [1.82, 2.24) is 5.43 Å². The van der Waals surface area contributed by atoms with Crippen molar-refractivity contribution in [2.24, 2.45) is 5.84 Å². The van der Waals surface area contributed by atoms with E-state index in [2.05, 4.69) is 5.43 Å². The summed E-state index contributed by atoms with van der Waals surface area (Å²) >= 11 is 0. The molecule has 0 aliphatic rings. The maximum atomic E-state index is 13.9. The molecule has 5 heteroatoms. The smallest absolute Gasteiger partial charge is 0.168 e. The van der Waals surface area contributed by atoms with Gasteiger partial charge < -0.3 is 9.47 Å². The maximum Gasteiger partial charge on any atom is 0.168 e. The van der Waals surface area contributed by atoms with Crippen LogP contribution in [0.25, 0.3) is 0 Å². The van der Waals surface area contributed by atoms with Crippen LogP contribution >= 0.6 is 0 Å². The van der Waals surface area contributed by atoms with Gasteiger partial charge in [-0.1, -0.05) is 12.1 Å². The number of halogens is 1. The third kappa shape index (κ3) is 3.96. The van der Waals surface area contributed by atoms with Crippen LogP contribution in [0.1, 0.15) is 12.5 Å². The summed E-state index contributed by atoms with van der Waals surface area (Å²) in [6, 6.07) is 4.95. The molecular formula is C12H19FN2O2. The number of hydrazine groups is 1. The summed E-state index contributed by atoms with van der Waals surface area (Å²) in [4.78, 5) is 0. The van der Waals surface area contributed by atoms with E-state index in [9.17, 15) is 4.39 Å². The molecule has 0 spiro atoms. The van der Waals surface area contributed by atoms with Gasteiger partial charge in [-0.2, -0.15) is 0 Å². The highest BCUT2D eigenvalue weighted by atomic mass is 19.1. The van der Waals surface area contributed by atoms with Crippen molar-refractivity contribution in [3.8, 4) is 5.75 Å². The summed E-state index contributed by atoms with van der Waals surface area (Å²) in [6.45, 7) is 2.96. The molecule has 0 aliphatic heterocycles. The predicted molar refractivity (Wildman–Crippen MR) is 64.3 cm³/mol. The molecule has 96 valence electrons. The second kappa shape index (κ2) is 7.21. The van der Waals surface area contributed by atoms with Gasteiger partial charge in [-0.05, 0) is 25.0 Å². The van der Waals surface area contributed by atoms with Crippen LogP contribution in [0.15, 0.2) is 18.2 Å². The number of nitrogens with one attached hydrogen (secondary N) is 1. The fourth-order valence-electron chi connectivity index (χ4n) is 1.56. The van der Waals surface area contributed by atoms with Gasteiger partial charge >= 0.3 is 0 Å². The lowest BCUT2D eigenvalue weighted by atomic mass is 10.1. The second-order valence-electron chi connectivity index (χ2n) is 3.66. The molecule has 0 bridgehead atoms. The van der Waals surface area contributed by atoms with E-state index >= 15 is 0 Å². The molecule has 0 aromatic heterocycles. The minimum Gasteiger partial charge on any atom is -0.494 e. The molecule has 1 atom stereocenters. The quantitative estimate of drug-likeness (QED) is 0.558. The molecule has 0 fully saturated rings. The van der Waals surface area contributed by atoms with Crippen LogP contribution in [0.4, 0.5) is 4.39 Å². The van der Waals surface area contributed by atoms with Gasteiger partial charge in [0.1, 0.15) is 0 Å². The number of hydrogen-bond donors (Lipinski definition) is 2. The first-order valence-electron chi connectivity index (χ1n) is 5.58. The molecule has 17 heavy (non-hydrogen) atoms. The predicted octanol–water partition coefficient (Wildman–Crippen LogP) is 1.25. The topological polar surface area (TPSA) is 56.5 Å². The molecule has 0 aliphatic carbocycles. The molecule has 1 unspecified atom stereocenters. The van der Waals surface area contributed by atoms with Crippen molar-refractivity contribution in [1.29, 1.82) is 0 Å². The molecule has 0 amide bonds. The Balaban J connectivity index is 2.72. The highest BCUT2D eigenvalue weighted by Gasteiger charge is 2.13. The minimum absolute atomic E-state index is 0.114. The van der Waals surface area contributed by atoms with Crippen molar-refractivity contribution in [2.75, 3.05) is 20.3 Å². The first-order valence-corrected chi connectivity index (χ1v) is 5.58. The molecule has 1 rings (SSSR count). The Hall–Kier alpha value is -1.17. The van der Waals surface area contributed by atoms with E-state index in [-0.39, 0.29) is 17.6 Å². The van der Waals surface area contributed by atoms with Gasteiger partial charge in [0.25, 0.3) is 0 Å². The number of nitrogens with two attached hydrogens (primary N) is 1. The molecule has 0 heterocycles. The average molecular weight is 242 g/mol. The number of rotatable bonds is 7. The van der Waals surface area contributed by atoms with E-state index in [1.54, 1.807) is 18.2 Å². The fraction of sp³-hybridized carbons (Fsp3) is 0.500. The first kappa shape index (κ1) is 13.9. The third-order valence-corrected chi connectivity index (χ3v) is 2.49. The summed E-state index contributed by atoms with van der Waals surface area (Å²) in [5, 5.41) is 0. The van der Waals surface area contributed by atoms with Gasteiger partial charge in [-0.3, -0.25) is 11.3 Å². The van der Waals surface area contributed by atoms with Gasteiger partial charge in [-0.15, -0.1) is 0 Å². The molecule has 3 N–H and O–H groups in total. The van der Waals surface area contributed by atoms with E-state index in [1.165, 1.54) is 7.11 Å². The Morgan fingerprint density at radius 2 is 2.24 bits per heavy atom. The number of methoxy groups -OCH3 is 1. The van der Waals surface area contributed by atoms with E-state index in [4.69, 9.17) is 15.3 Å². The van der Waals surface area contributed by atoms with Gasteiger partial charge in [-0.25, -0.2) is 4.39 Å². The van der Waals surface area contributed by atoms with Crippen molar-refractivity contribution >= 4 is 0 Å². The summed E-state index contributed by atoms with van der Waals surface area (Å²) < 4.78 is 24.0. The van der Waals surface area contributed by atoms with Gasteiger partial charge in [0.05, 0.1) is 13.7 Å². The van der Waals surface area contributed by atoms with Crippen molar-refractivity contribution < 1.29 is 13.9 Å². The molecule has 0 radical (unpaired) electrons. The summed E-state index contributed by atoms with van der Waals surface area (Å²) in [6.07, 6.45) is 0.458. The average Bonchev–Trinajstić information content (AvgIpc) is 2.36. The Morgan fingerprint density at radius 3 is 2.82 bits per heavy atom. The lowest BCUT2D eigenvalue weighted by Gasteiger charge is -2.16. The summed E-state index contributed by atoms with van der Waals surface area (Å²) in [7, 11) is 1.45. The summed E-state index contributed by atoms with van der Waals surface area (Å²) in [5.74, 6) is 5.30. The van der Waals surface area contributed by atoms with E-state index < -0.39 is 0 Å². The van der Waals surface area contributed by atoms with Crippen LogP contribution in [-0.4, -0.2) is 26.4 Å². The lowest BCUT2D eigenvalue weighted by Crippen LogP contribution is -2.40. The van der Waals surface area contributed by atoms with E-state index in [0.29, 0.717) is 25.2 Å². The van der Waals surface area contributed by atoms with Crippen molar-refractivity contribution in [3.05, 3.63) is 29.6 Å². The normalized spacial score (nSPS) is 12.5. The maximum absolute atomic E-state index is 13.9. The SMILES string of the molecule is CCOCC(Cc1cccc(OC)c1F)NN. The van der Waals surface area contributed by atoms with Gasteiger partial charge in [0.2, 0.25) is 0 Å². The highest BCUT2D eigenvalue weighted by Crippen LogP contribution is 2.20. The van der Waals surface area contributed by atoms with Crippen LogP contribution in [0, 0.1) is 5.82 Å². The van der Waals surface area contributed by atoms with Gasteiger partial charge in [0, 0.05) is 12.6 Å². The number of ether oxygens (including phenoxy) is 2. The van der Waals surface area contributed by atoms with Crippen molar-refractivity contribution in [2.45, 2.75) is 19.4 Å². The van der Waals surface area contributed by atoms with Crippen LogP contribution in [0.3, 0.4) is 0 Å². The Bertz CT molecular complexity index is 347. The molecule has 0 saturated heterocycles. The molecule has 4 nitrogen and oxygen atoms in total. The zero-order valence-corrected chi connectivity index (χ0v) is 10.2. The van der Waals surface area contributed by atoms with Crippen LogP contribution in [0.2, 0.25) is 0 Å². The molecule has 1 aromatic carbocycles. The van der Waals surface area contributed by atoms with Crippen LogP contribution in [-0.2, 0) is 11.2 Å². The Labute approximate surface area is 101 Å². The molecule has 1 aromatic rings. The zero-order chi connectivity index (χ0) is 12.7. The minimum atomic E-state index is -0.341. The lowest BCUT2D eigenvalue weighted by molar-refractivity contribution is 0.122. The number of hydrogen-bond acceptors (Lipinski definition) is 4.